The van der Waals surface area contributed by atoms with Crippen molar-refractivity contribution < 1.29 is 0 Å². The molecule has 1 nitrogen and oxygen atoms in total. The summed E-state index contributed by atoms with van der Waals surface area (Å²) in [6.45, 7) is 0. The zero-order valence-electron chi connectivity index (χ0n) is 7.13. The Morgan fingerprint density at radius 3 is 2.64 bits per heavy atom. The van der Waals surface area contributed by atoms with Gasteiger partial charge in [0.25, 0.3) is 0 Å². The van der Waals surface area contributed by atoms with Crippen LogP contribution in [0.4, 0.5) is 5.69 Å². The number of halogens is 2. The van der Waals surface area contributed by atoms with Crippen LogP contribution in [0.1, 0.15) is 0 Å². The predicted octanol–water partition coefficient (Wildman–Crippen LogP) is 4.41. The first-order valence-electron chi connectivity index (χ1n) is 3.97. The molecule has 0 radical (unpaired) electrons. The highest BCUT2D eigenvalue weighted by atomic mass is 79.9. The maximum atomic E-state index is 5.95. The second-order valence-corrected chi connectivity index (χ2v) is 5.01. The van der Waals surface area contributed by atoms with E-state index in [0.717, 1.165) is 10.0 Å². The van der Waals surface area contributed by atoms with Gasteiger partial charge in [0.1, 0.15) is 0 Å². The minimum absolute atomic E-state index is 0.600. The number of hydrogen-bond acceptors (Lipinski definition) is 2. The summed E-state index contributed by atoms with van der Waals surface area (Å²) in [4.78, 5) is 1.17. The van der Waals surface area contributed by atoms with Crippen molar-refractivity contribution in [2.75, 3.05) is 5.73 Å². The largest absolute Gasteiger partial charge is 0.398 e. The van der Waals surface area contributed by atoms with Gasteiger partial charge in [-0.05, 0) is 45.1 Å². The molecule has 0 atom stereocenters. The first kappa shape index (κ1) is 10.0. The van der Waals surface area contributed by atoms with E-state index in [-0.39, 0.29) is 0 Å². The summed E-state index contributed by atoms with van der Waals surface area (Å²) in [5, 5.41) is 2.63. The maximum absolute atomic E-state index is 5.95. The van der Waals surface area contributed by atoms with Gasteiger partial charge in [0.2, 0.25) is 0 Å². The number of anilines is 1. The molecule has 0 saturated heterocycles. The van der Waals surface area contributed by atoms with Crippen molar-refractivity contribution in [2.45, 2.75) is 0 Å². The fourth-order valence-electron chi connectivity index (χ4n) is 1.17. The molecule has 0 aliphatic carbocycles. The van der Waals surface area contributed by atoms with Crippen molar-refractivity contribution in [1.29, 1.82) is 0 Å². The molecule has 2 N–H and O–H groups in total. The first-order valence-corrected chi connectivity index (χ1v) is 6.02. The molecule has 72 valence electrons. The number of nitrogen functional groups attached to an aromatic ring is 1. The maximum Gasteiger partial charge on any atom is 0.0641 e. The molecule has 14 heavy (non-hydrogen) atoms. The topological polar surface area (TPSA) is 26.0 Å². The molecular weight excluding hydrogens is 282 g/mol. The van der Waals surface area contributed by atoms with Crippen LogP contribution in [0.3, 0.4) is 0 Å². The molecule has 0 unspecified atom stereocenters. The minimum Gasteiger partial charge on any atom is -0.398 e. The molecule has 4 heteroatoms. The van der Waals surface area contributed by atoms with Crippen molar-refractivity contribution in [3.63, 3.8) is 0 Å². The van der Waals surface area contributed by atoms with Crippen LogP contribution in [-0.2, 0) is 0 Å². The number of thiophene rings is 1. The summed E-state index contributed by atoms with van der Waals surface area (Å²) < 4.78 is 1.09. The standard InChI is InChI=1S/C10H7BrClNS/c11-7-3-4-14-10(7)6-1-2-9(13)8(12)5-6/h1-5H,13H2. The lowest BCUT2D eigenvalue weighted by Gasteiger charge is -2.02. The average molecular weight is 289 g/mol. The fourth-order valence-corrected chi connectivity index (χ4v) is 2.95. The van der Waals surface area contributed by atoms with E-state index in [9.17, 15) is 0 Å². The zero-order valence-corrected chi connectivity index (χ0v) is 10.3. The van der Waals surface area contributed by atoms with E-state index < -0.39 is 0 Å². The van der Waals surface area contributed by atoms with Crippen molar-refractivity contribution in [1.82, 2.24) is 0 Å². The molecule has 0 bridgehead atoms. The molecule has 0 spiro atoms. The van der Waals surface area contributed by atoms with E-state index in [1.807, 2.05) is 29.6 Å². The van der Waals surface area contributed by atoms with Crippen molar-refractivity contribution >= 4 is 44.6 Å². The van der Waals surface area contributed by atoms with Gasteiger partial charge in [-0.3, -0.25) is 0 Å². The quantitative estimate of drug-likeness (QED) is 0.773. The number of rotatable bonds is 1. The average Bonchev–Trinajstić information content (AvgIpc) is 2.57. The van der Waals surface area contributed by atoms with E-state index >= 15 is 0 Å². The van der Waals surface area contributed by atoms with Crippen LogP contribution in [-0.4, -0.2) is 0 Å². The molecule has 0 aliphatic heterocycles. The molecule has 1 heterocycles. The molecule has 0 fully saturated rings. The highest BCUT2D eigenvalue weighted by molar-refractivity contribution is 9.10. The Hall–Kier alpha value is -0.510. The highest BCUT2D eigenvalue weighted by Crippen LogP contribution is 2.35. The number of nitrogens with two attached hydrogens (primary N) is 1. The van der Waals surface area contributed by atoms with Gasteiger partial charge in [0, 0.05) is 9.35 Å². The molecule has 2 rings (SSSR count). The minimum atomic E-state index is 0.600. The molecule has 1 aromatic heterocycles. The van der Waals surface area contributed by atoms with Gasteiger partial charge in [-0.25, -0.2) is 0 Å². The van der Waals surface area contributed by atoms with Gasteiger partial charge in [0.05, 0.1) is 10.7 Å². The summed E-state index contributed by atoms with van der Waals surface area (Å²) in [6, 6.07) is 7.69. The third kappa shape index (κ3) is 1.80. The van der Waals surface area contributed by atoms with Crippen LogP contribution in [0.2, 0.25) is 5.02 Å². The van der Waals surface area contributed by atoms with Crippen LogP contribution >= 0.6 is 38.9 Å². The van der Waals surface area contributed by atoms with Crippen molar-refractivity contribution in [3.05, 3.63) is 39.1 Å². The Morgan fingerprint density at radius 1 is 1.29 bits per heavy atom. The van der Waals surface area contributed by atoms with Gasteiger partial charge >= 0.3 is 0 Å². The Kier molecular flexibility index (Phi) is 2.81. The zero-order chi connectivity index (χ0) is 10.1. The Labute approximate surface area is 99.6 Å². The lowest BCUT2D eigenvalue weighted by molar-refractivity contribution is 1.66. The van der Waals surface area contributed by atoms with Crippen LogP contribution in [0, 0.1) is 0 Å². The van der Waals surface area contributed by atoms with Crippen molar-refractivity contribution in [3.8, 4) is 10.4 Å². The number of benzene rings is 1. The second kappa shape index (κ2) is 3.93. The summed E-state index contributed by atoms with van der Waals surface area (Å²) in [5.41, 5.74) is 7.34. The molecule has 0 saturated carbocycles. The smallest absolute Gasteiger partial charge is 0.0641 e. The predicted molar refractivity (Wildman–Crippen MR) is 66.9 cm³/mol. The third-order valence-electron chi connectivity index (χ3n) is 1.88. The van der Waals surface area contributed by atoms with E-state index in [2.05, 4.69) is 15.9 Å². The van der Waals surface area contributed by atoms with E-state index in [1.54, 1.807) is 11.3 Å². The van der Waals surface area contributed by atoms with Gasteiger partial charge in [0.15, 0.2) is 0 Å². The van der Waals surface area contributed by atoms with Crippen LogP contribution in [0.15, 0.2) is 34.1 Å². The SMILES string of the molecule is Nc1ccc(-c2sccc2Br)cc1Cl. The Morgan fingerprint density at radius 2 is 2.07 bits per heavy atom. The summed E-state index contributed by atoms with van der Waals surface area (Å²) >= 11 is 11.1. The van der Waals surface area contributed by atoms with E-state index in [1.165, 1.54) is 4.88 Å². The summed E-state index contributed by atoms with van der Waals surface area (Å²) in [6.07, 6.45) is 0. The van der Waals surface area contributed by atoms with Crippen LogP contribution in [0.5, 0.6) is 0 Å². The lowest BCUT2D eigenvalue weighted by atomic mass is 10.2. The van der Waals surface area contributed by atoms with Gasteiger partial charge in [-0.15, -0.1) is 11.3 Å². The van der Waals surface area contributed by atoms with Crippen LogP contribution in [0.25, 0.3) is 10.4 Å². The molecule has 0 amide bonds. The van der Waals surface area contributed by atoms with Gasteiger partial charge in [-0.2, -0.15) is 0 Å². The number of hydrogen-bond donors (Lipinski definition) is 1. The molecule has 0 aliphatic rings. The molecule has 2 aromatic rings. The van der Waals surface area contributed by atoms with Crippen LogP contribution < -0.4 is 5.73 Å². The van der Waals surface area contributed by atoms with Crippen molar-refractivity contribution in [2.24, 2.45) is 0 Å². The second-order valence-electron chi connectivity index (χ2n) is 2.83. The molecular formula is C10H7BrClNS. The van der Waals surface area contributed by atoms with Gasteiger partial charge in [-0.1, -0.05) is 17.7 Å². The third-order valence-corrected chi connectivity index (χ3v) is 4.09. The van der Waals surface area contributed by atoms with Gasteiger partial charge < -0.3 is 5.73 Å². The monoisotopic (exact) mass is 287 g/mol. The first-order chi connectivity index (χ1) is 6.68. The normalized spacial score (nSPS) is 10.4. The van der Waals surface area contributed by atoms with E-state index in [0.29, 0.717) is 10.7 Å². The molecule has 1 aromatic carbocycles. The highest BCUT2D eigenvalue weighted by Gasteiger charge is 2.05. The fraction of sp³-hybridized carbons (Fsp3) is 0. The Bertz CT molecular complexity index is 467. The summed E-state index contributed by atoms with van der Waals surface area (Å²) in [7, 11) is 0. The summed E-state index contributed by atoms with van der Waals surface area (Å²) in [5.74, 6) is 0. The Balaban J connectivity index is 2.53. The lowest BCUT2D eigenvalue weighted by Crippen LogP contribution is -1.85. The van der Waals surface area contributed by atoms with E-state index in [4.69, 9.17) is 17.3 Å².